The fourth-order valence-electron chi connectivity index (χ4n) is 7.39. The fourth-order valence-corrected chi connectivity index (χ4v) is 8.48. The molecule has 5 aromatic carbocycles. The zero-order valence-corrected chi connectivity index (χ0v) is 35.0. The third kappa shape index (κ3) is 9.95. The Bertz CT molecular complexity index is 2550. The van der Waals surface area contributed by atoms with Crippen LogP contribution in [0.5, 0.6) is 17.2 Å². The van der Waals surface area contributed by atoms with E-state index in [1.165, 1.54) is 4.31 Å². The minimum atomic E-state index is -4.36. The van der Waals surface area contributed by atoms with Crippen LogP contribution in [0.3, 0.4) is 0 Å². The van der Waals surface area contributed by atoms with Gasteiger partial charge in [0.05, 0.1) is 32.3 Å². The Morgan fingerprint density at radius 1 is 0.917 bits per heavy atom. The molecular formula is C46H49FN4O8S. The zero-order valence-electron chi connectivity index (χ0n) is 34.2. The van der Waals surface area contributed by atoms with Gasteiger partial charge in [-0.3, -0.25) is 4.79 Å². The summed E-state index contributed by atoms with van der Waals surface area (Å²) in [6, 6.07) is 29.8. The molecule has 0 bridgehead atoms. The molecular weight excluding hydrogens is 788 g/mol. The lowest BCUT2D eigenvalue weighted by Gasteiger charge is -2.29. The van der Waals surface area contributed by atoms with Crippen LogP contribution < -0.4 is 13.7 Å². The lowest BCUT2D eigenvalue weighted by atomic mass is 9.84. The predicted octanol–water partition coefficient (Wildman–Crippen LogP) is 8.50. The summed E-state index contributed by atoms with van der Waals surface area (Å²) in [5, 5.41) is 9.03. The molecule has 1 aromatic heterocycles. The van der Waals surface area contributed by atoms with Crippen molar-refractivity contribution < 1.29 is 40.7 Å². The number of carbonyl (C=O) groups excluding carboxylic acids is 1. The highest BCUT2D eigenvalue weighted by molar-refractivity contribution is 7.84. The minimum Gasteiger partial charge on any atom is -0.497 e. The number of hydrogen-bond acceptors (Lipinski definition) is 10. The number of unbranched alkanes of at least 4 members (excludes halogenated alkanes) is 1. The fraction of sp³-hybridized carbons (Fsp3) is 0.326. The molecule has 0 N–H and O–H groups in total. The molecule has 314 valence electrons. The first kappa shape index (κ1) is 42.3. The summed E-state index contributed by atoms with van der Waals surface area (Å²) in [6.07, 6.45) is 1.75. The van der Waals surface area contributed by atoms with Crippen LogP contribution in [-0.2, 0) is 57.4 Å². The standard InChI is InChI=1S/C46H49FN4O8S/c1-5-57-44(52)26-41(40-19-20-43-45(32(40)3)48-49-51(43)21-9-10-22-56-29-34-14-17-38(55-4)18-15-34)35-16-13-31(2)36(23-35)27-50-28-37-24-39(58-30-33-11-7-6-8-12-33)25-42(47)46(37)59-60(50,53)54/h6-8,11-20,23-25,41H,5,9-10,21-22,26-30H2,1-4H3. The monoisotopic (exact) mass is 836 g/mol. The average Bonchev–Trinajstić information content (AvgIpc) is 3.66. The van der Waals surface area contributed by atoms with Crippen molar-refractivity contribution in [2.45, 2.75) is 78.8 Å². The molecule has 0 spiro atoms. The number of nitrogens with zero attached hydrogens (tertiary/aromatic N) is 4. The number of aryl methyl sites for hydroxylation is 3. The number of rotatable bonds is 18. The molecule has 0 aliphatic carbocycles. The van der Waals surface area contributed by atoms with Gasteiger partial charge in [0.1, 0.15) is 23.6 Å². The highest BCUT2D eigenvalue weighted by atomic mass is 32.2. The van der Waals surface area contributed by atoms with Gasteiger partial charge in [0.2, 0.25) is 0 Å². The normalized spacial score (nSPS) is 14.0. The molecule has 12 nitrogen and oxygen atoms in total. The van der Waals surface area contributed by atoms with Crippen molar-refractivity contribution >= 4 is 27.3 Å². The molecule has 0 saturated carbocycles. The van der Waals surface area contributed by atoms with Gasteiger partial charge in [-0.05, 0) is 96.8 Å². The number of fused-ring (bicyclic) bond motifs is 2. The predicted molar refractivity (Wildman–Crippen MR) is 224 cm³/mol. The summed E-state index contributed by atoms with van der Waals surface area (Å²) in [6.45, 7) is 7.71. The second-order valence-electron chi connectivity index (χ2n) is 14.8. The zero-order chi connectivity index (χ0) is 42.2. The summed E-state index contributed by atoms with van der Waals surface area (Å²) < 4.78 is 72.9. The smallest absolute Gasteiger partial charge is 0.385 e. The number of ether oxygens (including phenoxy) is 4. The Morgan fingerprint density at radius 2 is 1.70 bits per heavy atom. The van der Waals surface area contributed by atoms with E-state index in [0.29, 0.717) is 30.9 Å². The number of methoxy groups -OCH3 is 1. The minimum absolute atomic E-state index is 0.0524. The average molecular weight is 837 g/mol. The van der Waals surface area contributed by atoms with Crippen LogP contribution in [0.4, 0.5) is 4.39 Å². The molecule has 0 fully saturated rings. The molecule has 0 amide bonds. The van der Waals surface area contributed by atoms with Gasteiger partial charge in [-0.1, -0.05) is 71.9 Å². The molecule has 7 rings (SSSR count). The molecule has 1 aliphatic rings. The van der Waals surface area contributed by atoms with Gasteiger partial charge < -0.3 is 23.1 Å². The van der Waals surface area contributed by atoms with Crippen LogP contribution in [0.15, 0.2) is 97.1 Å². The maximum atomic E-state index is 15.2. The number of hydrogen-bond donors (Lipinski definition) is 0. The Hall–Kier alpha value is -5.83. The van der Waals surface area contributed by atoms with E-state index < -0.39 is 22.0 Å². The van der Waals surface area contributed by atoms with Crippen molar-refractivity contribution in [2.24, 2.45) is 0 Å². The van der Waals surface area contributed by atoms with E-state index in [-0.39, 0.29) is 50.2 Å². The third-order valence-corrected chi connectivity index (χ3v) is 12.0. The lowest BCUT2D eigenvalue weighted by Crippen LogP contribution is -2.37. The Balaban J connectivity index is 1.07. The Kier molecular flexibility index (Phi) is 13.4. The second-order valence-corrected chi connectivity index (χ2v) is 16.3. The summed E-state index contributed by atoms with van der Waals surface area (Å²) in [5.41, 5.74) is 8.05. The topological polar surface area (TPSA) is 131 Å². The van der Waals surface area contributed by atoms with Crippen molar-refractivity contribution in [3.8, 4) is 17.2 Å². The van der Waals surface area contributed by atoms with Crippen LogP contribution in [-0.4, -0.2) is 54.0 Å². The molecule has 6 aromatic rings. The van der Waals surface area contributed by atoms with E-state index in [9.17, 15) is 13.2 Å². The molecule has 1 unspecified atom stereocenters. The molecule has 1 aliphatic heterocycles. The summed E-state index contributed by atoms with van der Waals surface area (Å²) in [5.74, 6) is -0.885. The van der Waals surface area contributed by atoms with Gasteiger partial charge in [0.15, 0.2) is 11.6 Å². The SMILES string of the molecule is CCOC(=O)CC(c1ccc(C)c(CN2Cc3cc(OCc4ccccc4)cc(F)c3OS2(=O)=O)c1)c1ccc2c(nnn2CCCCOCc2ccc(OC)cc2)c1C. The van der Waals surface area contributed by atoms with Gasteiger partial charge in [-0.15, -0.1) is 5.10 Å². The van der Waals surface area contributed by atoms with Gasteiger partial charge in [-0.2, -0.15) is 12.7 Å². The van der Waals surface area contributed by atoms with Gasteiger partial charge in [-0.25, -0.2) is 9.07 Å². The van der Waals surface area contributed by atoms with Crippen molar-refractivity contribution in [3.05, 3.63) is 147 Å². The Labute approximate surface area is 350 Å². The van der Waals surface area contributed by atoms with Crippen LogP contribution in [0.1, 0.15) is 76.6 Å². The summed E-state index contributed by atoms with van der Waals surface area (Å²) >= 11 is 0. The van der Waals surface area contributed by atoms with Crippen molar-refractivity contribution in [3.63, 3.8) is 0 Å². The Morgan fingerprint density at radius 3 is 2.47 bits per heavy atom. The van der Waals surface area contributed by atoms with Crippen molar-refractivity contribution in [1.82, 2.24) is 19.3 Å². The number of esters is 1. The maximum absolute atomic E-state index is 15.2. The summed E-state index contributed by atoms with van der Waals surface area (Å²) in [7, 11) is -2.71. The van der Waals surface area contributed by atoms with Crippen molar-refractivity contribution in [1.29, 1.82) is 0 Å². The van der Waals surface area contributed by atoms with E-state index in [1.807, 2.05) is 103 Å². The quantitative estimate of drug-likeness (QED) is 0.0614. The first-order chi connectivity index (χ1) is 29.0. The molecule has 0 radical (unpaired) electrons. The van der Waals surface area contributed by atoms with Crippen LogP contribution in [0.2, 0.25) is 0 Å². The van der Waals surface area contributed by atoms with Gasteiger partial charge >= 0.3 is 16.3 Å². The van der Waals surface area contributed by atoms with Crippen molar-refractivity contribution in [2.75, 3.05) is 20.3 Å². The molecule has 14 heteroatoms. The van der Waals surface area contributed by atoms with E-state index in [1.54, 1.807) is 20.1 Å². The van der Waals surface area contributed by atoms with Crippen LogP contribution in [0.25, 0.3) is 11.0 Å². The van der Waals surface area contributed by atoms with Gasteiger partial charge in [0, 0.05) is 43.8 Å². The molecule has 2 heterocycles. The number of carbonyl (C=O) groups is 1. The molecule has 0 saturated heterocycles. The second kappa shape index (κ2) is 19.0. The molecule has 1 atom stereocenters. The first-order valence-corrected chi connectivity index (χ1v) is 21.4. The highest BCUT2D eigenvalue weighted by Gasteiger charge is 2.35. The van der Waals surface area contributed by atoms with Crippen LogP contribution in [0, 0.1) is 19.7 Å². The van der Waals surface area contributed by atoms with E-state index in [2.05, 4.69) is 10.3 Å². The number of benzene rings is 5. The summed E-state index contributed by atoms with van der Waals surface area (Å²) in [4.78, 5) is 13.1. The lowest BCUT2D eigenvalue weighted by molar-refractivity contribution is -0.143. The highest BCUT2D eigenvalue weighted by Crippen LogP contribution is 2.38. The molecule has 60 heavy (non-hydrogen) atoms. The van der Waals surface area contributed by atoms with Gasteiger partial charge in [0.25, 0.3) is 0 Å². The largest absolute Gasteiger partial charge is 0.497 e. The maximum Gasteiger partial charge on any atom is 0.385 e. The first-order valence-electron chi connectivity index (χ1n) is 20.0. The third-order valence-electron chi connectivity index (χ3n) is 10.7. The van der Waals surface area contributed by atoms with E-state index in [4.69, 9.17) is 23.1 Å². The van der Waals surface area contributed by atoms with E-state index in [0.717, 1.165) is 69.1 Å². The van der Waals surface area contributed by atoms with E-state index >= 15 is 4.39 Å². The van der Waals surface area contributed by atoms with Crippen LogP contribution >= 0.6 is 0 Å². The number of aromatic nitrogens is 3. The number of halogens is 1.